The molecule has 3 aromatic rings. The van der Waals surface area contributed by atoms with Crippen LogP contribution >= 0.6 is 11.3 Å². The van der Waals surface area contributed by atoms with Crippen LogP contribution in [0.2, 0.25) is 0 Å². The first kappa shape index (κ1) is 17.4. The fourth-order valence-corrected chi connectivity index (χ4v) is 5.39. The van der Waals surface area contributed by atoms with Crippen LogP contribution in [-0.4, -0.2) is 50.5 Å². The molecular formula is C18H20N6O3S. The highest BCUT2D eigenvalue weighted by atomic mass is 32.1. The summed E-state index contributed by atoms with van der Waals surface area (Å²) in [7, 11) is 1.83. The van der Waals surface area contributed by atoms with Gasteiger partial charge >= 0.3 is 5.97 Å². The third-order valence-corrected chi connectivity index (χ3v) is 7.00. The molecule has 0 bridgehead atoms. The van der Waals surface area contributed by atoms with Gasteiger partial charge < -0.3 is 20.5 Å². The molecule has 9 nitrogen and oxygen atoms in total. The van der Waals surface area contributed by atoms with Gasteiger partial charge in [-0.3, -0.25) is 4.68 Å². The number of fused-ring (bicyclic) bond motifs is 3. The molecule has 0 aliphatic carbocycles. The Balaban J connectivity index is 1.43. The Morgan fingerprint density at radius 1 is 1.36 bits per heavy atom. The zero-order valence-electron chi connectivity index (χ0n) is 15.4. The van der Waals surface area contributed by atoms with E-state index in [0.29, 0.717) is 42.0 Å². The molecule has 10 heteroatoms. The zero-order chi connectivity index (χ0) is 19.5. The average molecular weight is 400 g/mol. The van der Waals surface area contributed by atoms with Gasteiger partial charge in [-0.1, -0.05) is 0 Å². The van der Waals surface area contributed by atoms with Crippen molar-refractivity contribution >= 4 is 40.1 Å². The molecule has 3 aromatic heterocycles. The Bertz CT molecular complexity index is 1080. The fourth-order valence-electron chi connectivity index (χ4n) is 4.14. The predicted octanol–water partition coefficient (Wildman–Crippen LogP) is 1.77. The maximum Gasteiger partial charge on any atom is 0.345 e. The van der Waals surface area contributed by atoms with E-state index in [4.69, 9.17) is 10.5 Å². The lowest BCUT2D eigenvalue weighted by molar-refractivity contribution is -0.0736. The van der Waals surface area contributed by atoms with Gasteiger partial charge in [-0.05, 0) is 30.9 Å². The summed E-state index contributed by atoms with van der Waals surface area (Å²) >= 11 is 1.35. The van der Waals surface area contributed by atoms with E-state index in [2.05, 4.69) is 20.0 Å². The molecule has 2 aliphatic rings. The number of piperidine rings is 1. The summed E-state index contributed by atoms with van der Waals surface area (Å²) in [6.45, 7) is 2.04. The van der Waals surface area contributed by atoms with Crippen molar-refractivity contribution in [2.75, 3.05) is 30.3 Å². The fraction of sp³-hybridized carbons (Fsp3) is 0.444. The standard InChI is InChI=1S/C18H20N6O3S/c1-23-15-11(9-20-23)14(19)21-17(22-15)24-5-3-18(4-6-24)13-10(2-7-27-18)8-12(28-13)16(25)26/h8-9H,2-7H2,1H3,(H,25,26)(H2,19,21,22). The van der Waals surface area contributed by atoms with E-state index in [-0.39, 0.29) is 0 Å². The number of aryl methyl sites for hydroxylation is 1. The number of hydrogen-bond donors (Lipinski definition) is 2. The van der Waals surface area contributed by atoms with Crippen molar-refractivity contribution in [2.24, 2.45) is 7.05 Å². The molecule has 1 saturated heterocycles. The predicted molar refractivity (Wildman–Crippen MR) is 105 cm³/mol. The van der Waals surface area contributed by atoms with E-state index >= 15 is 0 Å². The van der Waals surface area contributed by atoms with Crippen LogP contribution in [0.25, 0.3) is 11.0 Å². The monoisotopic (exact) mass is 400 g/mol. The third kappa shape index (κ3) is 2.55. The van der Waals surface area contributed by atoms with E-state index in [1.54, 1.807) is 16.9 Å². The lowest BCUT2D eigenvalue weighted by Crippen LogP contribution is -2.46. The number of hydrogen-bond acceptors (Lipinski definition) is 8. The number of carbonyl (C=O) groups is 1. The van der Waals surface area contributed by atoms with Gasteiger partial charge in [0.2, 0.25) is 5.95 Å². The largest absolute Gasteiger partial charge is 0.477 e. The number of rotatable bonds is 2. The van der Waals surface area contributed by atoms with Crippen LogP contribution in [-0.2, 0) is 23.8 Å². The summed E-state index contributed by atoms with van der Waals surface area (Å²) < 4.78 is 7.91. The van der Waals surface area contributed by atoms with Gasteiger partial charge in [0.05, 0.1) is 18.2 Å². The van der Waals surface area contributed by atoms with Gasteiger partial charge in [0.1, 0.15) is 16.3 Å². The van der Waals surface area contributed by atoms with Crippen molar-refractivity contribution in [2.45, 2.75) is 24.9 Å². The second-order valence-corrected chi connectivity index (χ2v) is 8.32. The van der Waals surface area contributed by atoms with E-state index in [0.717, 1.165) is 35.1 Å². The minimum Gasteiger partial charge on any atom is -0.477 e. The molecule has 146 valence electrons. The number of nitrogens with two attached hydrogens (primary N) is 1. The molecule has 1 fully saturated rings. The van der Waals surface area contributed by atoms with E-state index in [1.807, 2.05) is 7.05 Å². The highest BCUT2D eigenvalue weighted by molar-refractivity contribution is 7.14. The Labute approximate surface area is 164 Å². The number of aromatic nitrogens is 4. The lowest BCUT2D eigenvalue weighted by Gasteiger charge is -2.43. The van der Waals surface area contributed by atoms with Crippen molar-refractivity contribution < 1.29 is 14.6 Å². The van der Waals surface area contributed by atoms with Gasteiger partial charge in [-0.15, -0.1) is 11.3 Å². The number of carboxylic acid groups (broad SMARTS) is 1. The summed E-state index contributed by atoms with van der Waals surface area (Å²) in [5.74, 6) is 0.145. The van der Waals surface area contributed by atoms with Crippen molar-refractivity contribution in [3.63, 3.8) is 0 Å². The topological polar surface area (TPSA) is 119 Å². The lowest BCUT2D eigenvalue weighted by atomic mass is 9.85. The Morgan fingerprint density at radius 3 is 2.89 bits per heavy atom. The van der Waals surface area contributed by atoms with E-state index < -0.39 is 11.6 Å². The number of carboxylic acids is 1. The first-order valence-electron chi connectivity index (χ1n) is 9.17. The van der Waals surface area contributed by atoms with Crippen LogP contribution < -0.4 is 10.6 Å². The third-order valence-electron chi connectivity index (χ3n) is 5.65. The van der Waals surface area contributed by atoms with Crippen LogP contribution in [0.3, 0.4) is 0 Å². The molecular weight excluding hydrogens is 380 g/mol. The molecule has 0 atom stereocenters. The normalized spacial score (nSPS) is 18.5. The van der Waals surface area contributed by atoms with Gasteiger partial charge in [-0.2, -0.15) is 15.1 Å². The molecule has 2 aliphatic heterocycles. The molecule has 0 unspecified atom stereocenters. The van der Waals surface area contributed by atoms with Crippen LogP contribution in [0, 0.1) is 0 Å². The van der Waals surface area contributed by atoms with Crippen molar-refractivity contribution in [3.8, 4) is 0 Å². The van der Waals surface area contributed by atoms with Gasteiger partial charge in [-0.25, -0.2) is 4.79 Å². The molecule has 0 radical (unpaired) electrons. The number of nitrogens with zero attached hydrogens (tertiary/aromatic N) is 5. The molecule has 28 heavy (non-hydrogen) atoms. The summed E-state index contributed by atoms with van der Waals surface area (Å²) in [6, 6.07) is 1.80. The van der Waals surface area contributed by atoms with Gasteiger partial charge in [0, 0.05) is 25.0 Å². The quantitative estimate of drug-likeness (QED) is 0.668. The van der Waals surface area contributed by atoms with Crippen LogP contribution in [0.5, 0.6) is 0 Å². The number of anilines is 2. The highest BCUT2D eigenvalue weighted by Crippen LogP contribution is 2.45. The summed E-state index contributed by atoms with van der Waals surface area (Å²) in [4.78, 5) is 24.1. The maximum absolute atomic E-state index is 11.4. The second kappa shape index (κ2) is 6.14. The zero-order valence-corrected chi connectivity index (χ0v) is 16.2. The first-order valence-corrected chi connectivity index (χ1v) is 9.99. The van der Waals surface area contributed by atoms with Crippen LogP contribution in [0.1, 0.15) is 33.0 Å². The summed E-state index contributed by atoms with van der Waals surface area (Å²) in [5.41, 5.74) is 7.51. The number of thiophene rings is 1. The second-order valence-electron chi connectivity index (χ2n) is 7.26. The Hall–Kier alpha value is -2.72. The molecule has 0 aromatic carbocycles. The number of nitrogen functional groups attached to an aromatic ring is 1. The molecule has 3 N–H and O–H groups in total. The van der Waals surface area contributed by atoms with Crippen LogP contribution in [0.4, 0.5) is 11.8 Å². The van der Waals surface area contributed by atoms with Gasteiger partial charge in [0.15, 0.2) is 5.65 Å². The smallest absolute Gasteiger partial charge is 0.345 e. The Morgan fingerprint density at radius 2 is 2.14 bits per heavy atom. The van der Waals surface area contributed by atoms with Gasteiger partial charge in [0.25, 0.3) is 0 Å². The molecule has 0 amide bonds. The summed E-state index contributed by atoms with van der Waals surface area (Å²) in [5, 5.41) is 14.3. The van der Waals surface area contributed by atoms with Crippen molar-refractivity contribution in [1.29, 1.82) is 0 Å². The van der Waals surface area contributed by atoms with E-state index in [9.17, 15) is 9.90 Å². The number of aromatic carboxylic acids is 1. The summed E-state index contributed by atoms with van der Waals surface area (Å²) in [6.07, 6.45) is 3.95. The molecule has 1 spiro atoms. The minimum atomic E-state index is -0.875. The molecule has 0 saturated carbocycles. The minimum absolute atomic E-state index is 0.384. The highest BCUT2D eigenvalue weighted by Gasteiger charge is 2.43. The van der Waals surface area contributed by atoms with Crippen LogP contribution in [0.15, 0.2) is 12.3 Å². The van der Waals surface area contributed by atoms with E-state index in [1.165, 1.54) is 11.3 Å². The number of ether oxygens (including phenoxy) is 1. The first-order chi connectivity index (χ1) is 13.5. The maximum atomic E-state index is 11.4. The molecule has 5 rings (SSSR count). The SMILES string of the molecule is Cn1ncc2c(N)nc(N3CCC4(CC3)OCCc3cc(C(=O)O)sc34)nc21. The van der Waals surface area contributed by atoms with Crippen molar-refractivity contribution in [3.05, 3.63) is 27.6 Å². The average Bonchev–Trinajstić information content (AvgIpc) is 3.28. The molecule has 5 heterocycles. The Kier molecular flexibility index (Phi) is 3.81. The van der Waals surface area contributed by atoms with Crippen molar-refractivity contribution in [1.82, 2.24) is 19.7 Å².